The summed E-state index contributed by atoms with van der Waals surface area (Å²) in [7, 11) is 3.97. The van der Waals surface area contributed by atoms with Gasteiger partial charge in [-0.1, -0.05) is 17.3 Å². The molecule has 1 aromatic rings. The normalized spacial score (nSPS) is 21.2. The molecule has 162 valence electrons. The molecule has 0 saturated heterocycles. The Kier molecular flexibility index (Phi) is 8.62. The van der Waals surface area contributed by atoms with Crippen LogP contribution >= 0.6 is 0 Å². The van der Waals surface area contributed by atoms with E-state index in [9.17, 15) is 14.7 Å². The summed E-state index contributed by atoms with van der Waals surface area (Å²) in [5, 5.41) is 21.7. The van der Waals surface area contributed by atoms with E-state index < -0.39 is 24.3 Å². The lowest BCUT2D eigenvalue weighted by Gasteiger charge is -2.31. The van der Waals surface area contributed by atoms with Gasteiger partial charge in [0.25, 0.3) is 0 Å². The van der Waals surface area contributed by atoms with E-state index in [1.54, 1.807) is 26.0 Å². The van der Waals surface area contributed by atoms with Crippen molar-refractivity contribution in [2.75, 3.05) is 39.1 Å². The van der Waals surface area contributed by atoms with Gasteiger partial charge in [0, 0.05) is 6.54 Å². The molecule has 10 nitrogen and oxygen atoms in total. The lowest BCUT2D eigenvalue weighted by Crippen LogP contribution is -2.50. The Morgan fingerprint density at radius 3 is 2.66 bits per heavy atom. The fourth-order valence-electron chi connectivity index (χ4n) is 2.98. The Balaban J connectivity index is 1.83. The number of aliphatic hydroxyl groups excluding tert-OH is 1. The molecule has 4 N–H and O–H groups in total. The van der Waals surface area contributed by atoms with Gasteiger partial charge in [-0.15, -0.1) is 0 Å². The van der Waals surface area contributed by atoms with Crippen molar-refractivity contribution in [3.63, 3.8) is 0 Å². The molecule has 0 radical (unpaired) electrons. The first-order chi connectivity index (χ1) is 13.8. The number of amides is 3. The SMILES string of the molecule is Cc1noc(C)c1NC(=O)N[C@H]1C=C[C@H](CC(=O)NCCCN(C)C)O[C@H]1CO. The van der Waals surface area contributed by atoms with Crippen LogP contribution < -0.4 is 16.0 Å². The zero-order valence-electron chi connectivity index (χ0n) is 17.4. The van der Waals surface area contributed by atoms with E-state index >= 15 is 0 Å². The van der Waals surface area contributed by atoms with E-state index in [-0.39, 0.29) is 18.9 Å². The standard InChI is InChI=1S/C19H31N5O5/c1-12-18(13(2)29-23-12)22-19(27)21-15-7-6-14(28-16(15)11-25)10-17(26)20-8-5-9-24(3)4/h6-7,14-16,25H,5,8-11H2,1-4H3,(H,20,26)(H2,21,22,27)/t14-,15+,16+/m1/s1. The average Bonchev–Trinajstić information content (AvgIpc) is 2.98. The van der Waals surface area contributed by atoms with E-state index in [0.717, 1.165) is 13.0 Å². The minimum atomic E-state index is -0.651. The molecule has 1 aromatic heterocycles. The van der Waals surface area contributed by atoms with Crippen molar-refractivity contribution in [3.05, 3.63) is 23.6 Å². The maximum absolute atomic E-state index is 12.3. The Bertz CT molecular complexity index is 698. The van der Waals surface area contributed by atoms with Crippen molar-refractivity contribution < 1.29 is 24.0 Å². The van der Waals surface area contributed by atoms with E-state index in [0.29, 0.717) is 23.7 Å². The molecular formula is C19H31N5O5. The van der Waals surface area contributed by atoms with Gasteiger partial charge in [-0.25, -0.2) is 4.79 Å². The number of aliphatic hydroxyl groups is 1. The summed E-state index contributed by atoms with van der Waals surface area (Å²) in [4.78, 5) is 26.4. The van der Waals surface area contributed by atoms with Crippen molar-refractivity contribution in [2.24, 2.45) is 0 Å². The molecule has 0 aliphatic carbocycles. The topological polar surface area (TPSA) is 129 Å². The van der Waals surface area contributed by atoms with E-state index in [2.05, 4.69) is 26.0 Å². The first kappa shape index (κ1) is 22.9. The first-order valence-corrected chi connectivity index (χ1v) is 9.66. The Labute approximate surface area is 170 Å². The Hall–Kier alpha value is -2.43. The zero-order valence-corrected chi connectivity index (χ0v) is 17.4. The largest absolute Gasteiger partial charge is 0.394 e. The monoisotopic (exact) mass is 409 g/mol. The smallest absolute Gasteiger partial charge is 0.319 e. The van der Waals surface area contributed by atoms with E-state index in [1.807, 2.05) is 14.1 Å². The van der Waals surface area contributed by atoms with Crippen molar-refractivity contribution in [3.8, 4) is 0 Å². The molecule has 0 unspecified atom stereocenters. The Morgan fingerprint density at radius 1 is 1.28 bits per heavy atom. The summed E-state index contributed by atoms with van der Waals surface area (Å²) >= 11 is 0. The number of carbonyl (C=O) groups is 2. The van der Waals surface area contributed by atoms with Crippen LogP contribution in [0.2, 0.25) is 0 Å². The lowest BCUT2D eigenvalue weighted by atomic mass is 10.0. The predicted molar refractivity (Wildman–Crippen MR) is 108 cm³/mol. The van der Waals surface area contributed by atoms with Gasteiger partial charge < -0.3 is 35.2 Å². The number of urea groups is 1. The number of nitrogens with zero attached hydrogens (tertiary/aromatic N) is 2. The number of anilines is 1. The molecule has 10 heteroatoms. The van der Waals surface area contributed by atoms with Crippen molar-refractivity contribution in [1.82, 2.24) is 20.7 Å². The van der Waals surface area contributed by atoms with Gasteiger partial charge in [0.15, 0.2) is 5.76 Å². The van der Waals surface area contributed by atoms with E-state index in [4.69, 9.17) is 9.26 Å². The summed E-state index contributed by atoms with van der Waals surface area (Å²) < 4.78 is 10.8. The number of rotatable bonds is 9. The highest BCUT2D eigenvalue weighted by Gasteiger charge is 2.29. The average molecular weight is 409 g/mol. The Morgan fingerprint density at radius 2 is 2.03 bits per heavy atom. The highest BCUT2D eigenvalue weighted by Crippen LogP contribution is 2.19. The minimum absolute atomic E-state index is 0.113. The minimum Gasteiger partial charge on any atom is -0.394 e. The number of hydrogen-bond acceptors (Lipinski definition) is 7. The van der Waals surface area contributed by atoms with Gasteiger partial charge in [0.1, 0.15) is 17.5 Å². The molecule has 2 rings (SSSR count). The molecule has 3 amide bonds. The molecule has 29 heavy (non-hydrogen) atoms. The van der Waals surface area contributed by atoms with Crippen LogP contribution in [0.3, 0.4) is 0 Å². The molecule has 0 spiro atoms. The quantitative estimate of drug-likeness (QED) is 0.346. The highest BCUT2D eigenvalue weighted by atomic mass is 16.5. The summed E-state index contributed by atoms with van der Waals surface area (Å²) in [5.74, 6) is 0.390. The number of hydrogen-bond donors (Lipinski definition) is 4. The fraction of sp³-hybridized carbons (Fsp3) is 0.632. The summed E-state index contributed by atoms with van der Waals surface area (Å²) in [6, 6.07) is -0.993. The van der Waals surface area contributed by atoms with Gasteiger partial charge in [0.05, 0.1) is 25.2 Å². The number of ether oxygens (including phenoxy) is 1. The number of carbonyl (C=O) groups excluding carboxylic acids is 2. The van der Waals surface area contributed by atoms with Gasteiger partial charge in [-0.2, -0.15) is 0 Å². The van der Waals surface area contributed by atoms with Crippen LogP contribution in [0.5, 0.6) is 0 Å². The van der Waals surface area contributed by atoms with Crippen LogP contribution in [0.4, 0.5) is 10.5 Å². The number of aromatic nitrogens is 1. The molecule has 0 aromatic carbocycles. The van der Waals surface area contributed by atoms with Crippen LogP contribution in [-0.4, -0.2) is 79.1 Å². The van der Waals surface area contributed by atoms with Crippen LogP contribution in [0.1, 0.15) is 24.3 Å². The van der Waals surface area contributed by atoms with Crippen LogP contribution in [0.15, 0.2) is 16.7 Å². The fourth-order valence-corrected chi connectivity index (χ4v) is 2.98. The predicted octanol–water partition coefficient (Wildman–Crippen LogP) is 0.555. The second-order valence-corrected chi connectivity index (χ2v) is 7.31. The summed E-state index contributed by atoms with van der Waals surface area (Å²) in [5.41, 5.74) is 1.08. The van der Waals surface area contributed by atoms with Crippen molar-refractivity contribution in [2.45, 2.75) is 44.9 Å². The molecule has 0 fully saturated rings. The second-order valence-electron chi connectivity index (χ2n) is 7.31. The van der Waals surface area contributed by atoms with Gasteiger partial charge in [-0.05, 0) is 40.9 Å². The van der Waals surface area contributed by atoms with Gasteiger partial charge in [-0.3, -0.25) is 4.79 Å². The number of aryl methyl sites for hydroxylation is 2. The van der Waals surface area contributed by atoms with Crippen LogP contribution in [0, 0.1) is 13.8 Å². The second kappa shape index (κ2) is 10.9. The molecular weight excluding hydrogens is 378 g/mol. The molecule has 0 saturated carbocycles. The van der Waals surface area contributed by atoms with Gasteiger partial charge in [0.2, 0.25) is 5.91 Å². The maximum atomic E-state index is 12.3. The number of nitrogens with one attached hydrogen (secondary N) is 3. The lowest BCUT2D eigenvalue weighted by molar-refractivity contribution is -0.125. The molecule has 2 heterocycles. The molecule has 0 bridgehead atoms. The highest BCUT2D eigenvalue weighted by molar-refractivity contribution is 5.90. The molecule has 1 aliphatic heterocycles. The molecule has 1 aliphatic rings. The van der Waals surface area contributed by atoms with Gasteiger partial charge >= 0.3 is 6.03 Å². The van der Waals surface area contributed by atoms with Crippen LogP contribution in [-0.2, 0) is 9.53 Å². The summed E-state index contributed by atoms with van der Waals surface area (Å²) in [6.07, 6.45) is 3.39. The van der Waals surface area contributed by atoms with Crippen molar-refractivity contribution >= 4 is 17.6 Å². The van der Waals surface area contributed by atoms with E-state index in [1.165, 1.54) is 0 Å². The maximum Gasteiger partial charge on any atom is 0.319 e. The zero-order chi connectivity index (χ0) is 21.4. The van der Waals surface area contributed by atoms with Crippen LogP contribution in [0.25, 0.3) is 0 Å². The third kappa shape index (κ3) is 7.15. The summed E-state index contributed by atoms with van der Waals surface area (Å²) in [6.45, 7) is 4.63. The molecule has 3 atom stereocenters. The van der Waals surface area contributed by atoms with Crippen molar-refractivity contribution in [1.29, 1.82) is 0 Å². The third-order valence-corrected chi connectivity index (χ3v) is 4.52. The third-order valence-electron chi connectivity index (χ3n) is 4.52. The first-order valence-electron chi connectivity index (χ1n) is 9.66.